The lowest BCUT2D eigenvalue weighted by atomic mass is 9.92. The first-order valence-electron chi connectivity index (χ1n) is 9.71. The van der Waals surface area contributed by atoms with Gasteiger partial charge in [0.1, 0.15) is 5.82 Å². The first kappa shape index (κ1) is 21.3. The predicted molar refractivity (Wildman–Crippen MR) is 108 cm³/mol. The lowest BCUT2D eigenvalue weighted by Gasteiger charge is -2.36. The topological polar surface area (TPSA) is 70.5 Å². The van der Waals surface area contributed by atoms with Crippen molar-refractivity contribution in [1.29, 1.82) is 0 Å². The number of carbonyl (C=O) groups is 2. The van der Waals surface area contributed by atoms with Crippen LogP contribution in [0.3, 0.4) is 0 Å². The third-order valence-corrected chi connectivity index (χ3v) is 5.14. The summed E-state index contributed by atoms with van der Waals surface area (Å²) in [6.07, 6.45) is 1.60. The van der Waals surface area contributed by atoms with E-state index in [1.165, 1.54) is 0 Å². The zero-order valence-electron chi connectivity index (χ0n) is 18.1. The zero-order chi connectivity index (χ0) is 20.6. The molecule has 1 fully saturated rings. The average Bonchev–Trinajstić information content (AvgIpc) is 2.98. The predicted octanol–water partition coefficient (Wildman–Crippen LogP) is 3.41. The highest BCUT2D eigenvalue weighted by molar-refractivity contribution is 5.88. The molecule has 0 aliphatic carbocycles. The molecule has 0 unspecified atom stereocenters. The van der Waals surface area contributed by atoms with Gasteiger partial charge in [0.25, 0.3) is 0 Å². The minimum Gasteiger partial charge on any atom is -0.343 e. The fraction of sp³-hybridized carbons (Fsp3) is 0.750. The van der Waals surface area contributed by atoms with Crippen LogP contribution in [0.4, 0.5) is 10.6 Å². The Labute approximate surface area is 163 Å². The van der Waals surface area contributed by atoms with Crippen molar-refractivity contribution < 1.29 is 9.59 Å². The third-order valence-electron chi connectivity index (χ3n) is 5.14. The van der Waals surface area contributed by atoms with E-state index in [4.69, 9.17) is 5.10 Å². The number of urea groups is 1. The standard InChI is InChI=1S/C20H35N5O2/c1-14(26)23(8)15-9-11-24(12-10-15)18(27)21-17-13-16(19(2,3)4)22-25(17)20(5,6)7/h13,15H,9-12H2,1-8H3,(H,21,27). The van der Waals surface area contributed by atoms with E-state index in [1.54, 1.807) is 11.8 Å². The maximum absolute atomic E-state index is 12.8. The van der Waals surface area contributed by atoms with Gasteiger partial charge in [-0.05, 0) is 33.6 Å². The number of anilines is 1. The quantitative estimate of drug-likeness (QED) is 0.858. The van der Waals surface area contributed by atoms with Gasteiger partial charge in [-0.1, -0.05) is 20.8 Å². The van der Waals surface area contributed by atoms with Crippen LogP contribution < -0.4 is 5.32 Å². The van der Waals surface area contributed by atoms with E-state index < -0.39 is 0 Å². The summed E-state index contributed by atoms with van der Waals surface area (Å²) in [4.78, 5) is 27.9. The number of amides is 3. The lowest BCUT2D eigenvalue weighted by molar-refractivity contribution is -0.130. The van der Waals surface area contributed by atoms with Crippen molar-refractivity contribution in [2.45, 2.75) is 78.3 Å². The van der Waals surface area contributed by atoms with Gasteiger partial charge < -0.3 is 9.80 Å². The number of piperidine rings is 1. The maximum atomic E-state index is 12.8. The van der Waals surface area contributed by atoms with Gasteiger partial charge in [-0.3, -0.25) is 10.1 Å². The van der Waals surface area contributed by atoms with Crippen molar-refractivity contribution in [2.75, 3.05) is 25.5 Å². The Kier molecular flexibility index (Phi) is 5.92. The van der Waals surface area contributed by atoms with Crippen LogP contribution in [0, 0.1) is 0 Å². The molecule has 7 nitrogen and oxygen atoms in total. The fourth-order valence-corrected chi connectivity index (χ4v) is 3.25. The summed E-state index contributed by atoms with van der Waals surface area (Å²) >= 11 is 0. The minimum atomic E-state index is -0.233. The van der Waals surface area contributed by atoms with Gasteiger partial charge >= 0.3 is 6.03 Å². The summed E-state index contributed by atoms with van der Waals surface area (Å²) < 4.78 is 1.89. The molecule has 1 aliphatic heterocycles. The molecule has 0 spiro atoms. The molecule has 2 rings (SSSR count). The maximum Gasteiger partial charge on any atom is 0.323 e. The summed E-state index contributed by atoms with van der Waals surface area (Å²) in [5.74, 6) is 0.794. The molecule has 1 aromatic heterocycles. The summed E-state index contributed by atoms with van der Waals surface area (Å²) in [5, 5.41) is 7.80. The molecule has 0 bridgehead atoms. The van der Waals surface area contributed by atoms with Crippen molar-refractivity contribution in [3.63, 3.8) is 0 Å². The summed E-state index contributed by atoms with van der Waals surface area (Å²) in [5.41, 5.74) is 0.629. The van der Waals surface area contributed by atoms with Gasteiger partial charge in [0.15, 0.2) is 0 Å². The molecule has 1 aromatic rings. The molecule has 1 saturated heterocycles. The number of likely N-dealkylation sites (tertiary alicyclic amines) is 1. The van der Waals surface area contributed by atoms with E-state index in [-0.39, 0.29) is 28.9 Å². The molecule has 3 amide bonds. The Balaban J connectivity index is 2.10. The Morgan fingerprint density at radius 2 is 1.70 bits per heavy atom. The first-order valence-corrected chi connectivity index (χ1v) is 9.71. The first-order chi connectivity index (χ1) is 12.3. The van der Waals surface area contributed by atoms with Crippen molar-refractivity contribution in [3.8, 4) is 0 Å². The van der Waals surface area contributed by atoms with Gasteiger partial charge in [-0.2, -0.15) is 5.10 Å². The number of nitrogens with one attached hydrogen (secondary N) is 1. The van der Waals surface area contributed by atoms with Gasteiger partial charge in [0, 0.05) is 44.6 Å². The third kappa shape index (κ3) is 5.02. The summed E-state index contributed by atoms with van der Waals surface area (Å²) in [6.45, 7) is 15.4. The SMILES string of the molecule is CC(=O)N(C)C1CCN(C(=O)Nc2cc(C(C)(C)C)nn2C(C)(C)C)CC1. The molecule has 2 heterocycles. The van der Waals surface area contributed by atoms with Crippen LogP contribution in [-0.2, 0) is 15.7 Å². The van der Waals surface area contributed by atoms with Crippen LogP contribution in [-0.4, -0.2) is 57.7 Å². The van der Waals surface area contributed by atoms with E-state index >= 15 is 0 Å². The minimum absolute atomic E-state index is 0.0710. The molecule has 0 saturated carbocycles. The van der Waals surface area contributed by atoms with E-state index in [0.29, 0.717) is 13.1 Å². The molecular weight excluding hydrogens is 342 g/mol. The average molecular weight is 378 g/mol. The van der Waals surface area contributed by atoms with E-state index in [0.717, 1.165) is 24.4 Å². The number of hydrogen-bond acceptors (Lipinski definition) is 3. The molecule has 1 aliphatic rings. The number of nitrogens with zero attached hydrogens (tertiary/aromatic N) is 4. The molecule has 0 radical (unpaired) electrons. The van der Waals surface area contributed by atoms with Crippen LogP contribution >= 0.6 is 0 Å². The number of rotatable bonds is 2. The van der Waals surface area contributed by atoms with Gasteiger partial charge in [-0.25, -0.2) is 9.48 Å². The second-order valence-corrected chi connectivity index (χ2v) is 9.53. The number of hydrogen-bond donors (Lipinski definition) is 1. The van der Waals surface area contributed by atoms with E-state index in [9.17, 15) is 9.59 Å². The van der Waals surface area contributed by atoms with Crippen molar-refractivity contribution in [1.82, 2.24) is 19.6 Å². The largest absolute Gasteiger partial charge is 0.343 e. The smallest absolute Gasteiger partial charge is 0.323 e. The highest BCUT2D eigenvalue weighted by Gasteiger charge is 2.29. The van der Waals surface area contributed by atoms with E-state index in [1.807, 2.05) is 22.7 Å². The fourth-order valence-electron chi connectivity index (χ4n) is 3.25. The molecule has 1 N–H and O–H groups in total. The molecule has 27 heavy (non-hydrogen) atoms. The zero-order valence-corrected chi connectivity index (χ0v) is 18.1. The Bertz CT molecular complexity index is 688. The second-order valence-electron chi connectivity index (χ2n) is 9.53. The van der Waals surface area contributed by atoms with Crippen molar-refractivity contribution in [3.05, 3.63) is 11.8 Å². The van der Waals surface area contributed by atoms with Crippen molar-refractivity contribution in [2.24, 2.45) is 0 Å². The molecule has 0 aromatic carbocycles. The Morgan fingerprint density at radius 3 is 2.15 bits per heavy atom. The monoisotopic (exact) mass is 377 g/mol. The number of aromatic nitrogens is 2. The molecule has 7 heteroatoms. The van der Waals surface area contributed by atoms with Crippen LogP contribution in [0.5, 0.6) is 0 Å². The van der Waals surface area contributed by atoms with Crippen LogP contribution in [0.25, 0.3) is 0 Å². The summed E-state index contributed by atoms with van der Waals surface area (Å²) in [7, 11) is 1.83. The van der Waals surface area contributed by atoms with Crippen LogP contribution in [0.1, 0.15) is 67.0 Å². The van der Waals surface area contributed by atoms with Gasteiger partial charge in [0.2, 0.25) is 5.91 Å². The molecule has 152 valence electrons. The summed E-state index contributed by atoms with van der Waals surface area (Å²) in [6, 6.07) is 2.07. The Hall–Kier alpha value is -2.05. The highest BCUT2D eigenvalue weighted by Crippen LogP contribution is 2.28. The van der Waals surface area contributed by atoms with Crippen LogP contribution in [0.15, 0.2) is 6.07 Å². The lowest BCUT2D eigenvalue weighted by Crippen LogP contribution is -2.48. The van der Waals surface area contributed by atoms with Crippen molar-refractivity contribution >= 4 is 17.8 Å². The number of carbonyl (C=O) groups excluding carboxylic acids is 2. The van der Waals surface area contributed by atoms with Crippen LogP contribution in [0.2, 0.25) is 0 Å². The van der Waals surface area contributed by atoms with E-state index in [2.05, 4.69) is 46.9 Å². The van der Waals surface area contributed by atoms with Gasteiger partial charge in [-0.15, -0.1) is 0 Å². The molecular formula is C20H35N5O2. The normalized spacial score (nSPS) is 16.4. The molecule has 0 atom stereocenters. The van der Waals surface area contributed by atoms with Gasteiger partial charge in [0.05, 0.1) is 11.2 Å². The highest BCUT2D eigenvalue weighted by atomic mass is 16.2. The second kappa shape index (κ2) is 7.52. The Morgan fingerprint density at radius 1 is 1.15 bits per heavy atom.